The van der Waals surface area contributed by atoms with E-state index in [1.54, 1.807) is 24.3 Å². The zero-order valence-electron chi connectivity index (χ0n) is 16.5. The molecule has 0 saturated heterocycles. The van der Waals surface area contributed by atoms with Gasteiger partial charge in [-0.1, -0.05) is 24.3 Å². The van der Waals surface area contributed by atoms with E-state index >= 15 is 0 Å². The number of aliphatic hydroxyl groups excluding tert-OH is 1. The molecule has 3 aromatic rings. The topological polar surface area (TPSA) is 131 Å². The van der Waals surface area contributed by atoms with Crippen LogP contribution in [0.2, 0.25) is 0 Å². The summed E-state index contributed by atoms with van der Waals surface area (Å²) in [6.07, 6.45) is -1.67. The van der Waals surface area contributed by atoms with Crippen LogP contribution in [0.1, 0.15) is 11.7 Å². The van der Waals surface area contributed by atoms with E-state index in [0.29, 0.717) is 23.0 Å². The number of para-hydroxylation sites is 1. The molecule has 1 heterocycles. The fourth-order valence-corrected chi connectivity index (χ4v) is 4.28. The largest absolute Gasteiger partial charge is 0.480 e. The highest BCUT2D eigenvalue weighted by Gasteiger charge is 2.33. The van der Waals surface area contributed by atoms with E-state index in [-0.39, 0.29) is 17.3 Å². The van der Waals surface area contributed by atoms with Crippen LogP contribution in [0.3, 0.4) is 0 Å². The molecule has 3 aromatic carbocycles. The van der Waals surface area contributed by atoms with Gasteiger partial charge in [0.1, 0.15) is 23.6 Å². The molecule has 0 amide bonds. The maximum atomic E-state index is 12.8. The Labute approximate surface area is 183 Å². The minimum atomic E-state index is -4.26. The summed E-state index contributed by atoms with van der Waals surface area (Å²) < 4.78 is 43.6. The summed E-state index contributed by atoms with van der Waals surface area (Å²) in [7, 11) is -4.26. The number of ether oxygens (including phenoxy) is 3. The first kappa shape index (κ1) is 21.6. The summed E-state index contributed by atoms with van der Waals surface area (Å²) in [6, 6.07) is 16.9. The molecule has 3 N–H and O–H groups in total. The first-order chi connectivity index (χ1) is 15.3. The van der Waals surface area contributed by atoms with Crippen molar-refractivity contribution in [2.24, 2.45) is 0 Å². The molecule has 0 aromatic heterocycles. The number of benzene rings is 3. The van der Waals surface area contributed by atoms with E-state index in [4.69, 9.17) is 14.2 Å². The van der Waals surface area contributed by atoms with Crippen molar-refractivity contribution < 1.29 is 37.6 Å². The van der Waals surface area contributed by atoms with Gasteiger partial charge in [0.15, 0.2) is 11.5 Å². The van der Waals surface area contributed by atoms with Crippen LogP contribution in [0.25, 0.3) is 0 Å². The summed E-state index contributed by atoms with van der Waals surface area (Å²) in [4.78, 5) is 11.6. The van der Waals surface area contributed by atoms with Gasteiger partial charge in [-0.05, 0) is 54.1 Å². The van der Waals surface area contributed by atoms with Crippen molar-refractivity contribution in [1.82, 2.24) is 4.72 Å². The van der Waals surface area contributed by atoms with E-state index in [9.17, 15) is 23.4 Å². The number of sulfonamides is 1. The van der Waals surface area contributed by atoms with Crippen molar-refractivity contribution in [3.05, 3.63) is 78.4 Å². The lowest BCUT2D eigenvalue weighted by Gasteiger charge is -2.21. The van der Waals surface area contributed by atoms with Gasteiger partial charge in [0.05, 0.1) is 4.90 Å². The Hall–Kier alpha value is -3.60. The fourth-order valence-electron chi connectivity index (χ4n) is 3.09. The second-order valence-electron chi connectivity index (χ2n) is 6.88. The van der Waals surface area contributed by atoms with Gasteiger partial charge in [-0.3, -0.25) is 4.79 Å². The van der Waals surface area contributed by atoms with Crippen LogP contribution in [-0.4, -0.2) is 37.4 Å². The minimum Gasteiger partial charge on any atom is -0.480 e. The van der Waals surface area contributed by atoms with Gasteiger partial charge in [0.2, 0.25) is 16.8 Å². The van der Waals surface area contributed by atoms with Crippen LogP contribution in [0.15, 0.2) is 77.7 Å². The summed E-state index contributed by atoms with van der Waals surface area (Å²) in [5, 5.41) is 20.1. The first-order valence-electron chi connectivity index (χ1n) is 9.49. The van der Waals surface area contributed by atoms with E-state index in [2.05, 4.69) is 4.72 Å². The van der Waals surface area contributed by atoms with E-state index in [1.807, 2.05) is 6.07 Å². The average Bonchev–Trinajstić information content (AvgIpc) is 3.26. The standard InChI is InChI=1S/C22H19NO8S/c24-21(14-6-11-18-19(12-14)30-13-29-18)20(22(25)26)23-32(27,28)17-9-7-16(8-10-17)31-15-4-2-1-3-5-15/h1-12,20-21,23-24H,13H2,(H,25,26)/t20-,21-/m0/s1. The highest BCUT2D eigenvalue weighted by Crippen LogP contribution is 2.35. The maximum Gasteiger partial charge on any atom is 0.324 e. The van der Waals surface area contributed by atoms with E-state index in [0.717, 1.165) is 0 Å². The van der Waals surface area contributed by atoms with Crippen LogP contribution >= 0.6 is 0 Å². The quantitative estimate of drug-likeness (QED) is 0.471. The number of aliphatic carboxylic acids is 1. The van der Waals surface area contributed by atoms with Gasteiger partial charge >= 0.3 is 5.97 Å². The lowest BCUT2D eigenvalue weighted by Crippen LogP contribution is -2.44. The maximum absolute atomic E-state index is 12.8. The minimum absolute atomic E-state index is 0.00779. The van der Waals surface area contributed by atoms with Crippen LogP contribution in [0.4, 0.5) is 0 Å². The number of fused-ring (bicyclic) bond motifs is 1. The highest BCUT2D eigenvalue weighted by molar-refractivity contribution is 7.89. The Kier molecular flexibility index (Phi) is 5.99. The van der Waals surface area contributed by atoms with Crippen molar-refractivity contribution in [2.75, 3.05) is 6.79 Å². The molecule has 166 valence electrons. The van der Waals surface area contributed by atoms with Crippen molar-refractivity contribution in [3.63, 3.8) is 0 Å². The lowest BCUT2D eigenvalue weighted by molar-refractivity contribution is -0.141. The molecular weight excluding hydrogens is 438 g/mol. The van der Waals surface area contributed by atoms with Gasteiger partial charge in [0.25, 0.3) is 0 Å². The van der Waals surface area contributed by atoms with Gasteiger partial charge < -0.3 is 24.4 Å². The smallest absolute Gasteiger partial charge is 0.324 e. The Balaban J connectivity index is 1.51. The second kappa shape index (κ2) is 8.87. The molecule has 10 heteroatoms. The molecule has 0 fully saturated rings. The number of carboxylic acid groups (broad SMARTS) is 1. The normalized spacial score (nSPS) is 14.5. The average molecular weight is 457 g/mol. The molecule has 2 atom stereocenters. The molecule has 0 radical (unpaired) electrons. The number of hydrogen-bond donors (Lipinski definition) is 3. The van der Waals surface area contributed by atoms with Crippen LogP contribution in [0, 0.1) is 0 Å². The third-order valence-electron chi connectivity index (χ3n) is 4.71. The molecule has 32 heavy (non-hydrogen) atoms. The molecule has 0 bridgehead atoms. The number of hydrogen-bond acceptors (Lipinski definition) is 7. The van der Waals surface area contributed by atoms with Crippen molar-refractivity contribution >= 4 is 16.0 Å². The fraction of sp³-hybridized carbons (Fsp3) is 0.136. The molecule has 4 rings (SSSR count). The number of aliphatic hydroxyl groups is 1. The molecule has 0 saturated carbocycles. The first-order valence-corrected chi connectivity index (χ1v) is 11.0. The number of carboxylic acids is 1. The third kappa shape index (κ3) is 4.67. The Morgan fingerprint density at radius 3 is 2.28 bits per heavy atom. The van der Waals surface area contributed by atoms with Gasteiger partial charge in [-0.2, -0.15) is 4.72 Å². The van der Waals surface area contributed by atoms with Gasteiger partial charge in [-0.15, -0.1) is 0 Å². The molecule has 9 nitrogen and oxygen atoms in total. The molecule has 0 aliphatic carbocycles. The third-order valence-corrected chi connectivity index (χ3v) is 6.17. The summed E-state index contributed by atoms with van der Waals surface area (Å²) in [5.41, 5.74) is 0.163. The zero-order valence-corrected chi connectivity index (χ0v) is 17.4. The second-order valence-corrected chi connectivity index (χ2v) is 8.60. The Morgan fingerprint density at radius 2 is 1.59 bits per heavy atom. The van der Waals surface area contributed by atoms with Crippen LogP contribution < -0.4 is 18.9 Å². The highest BCUT2D eigenvalue weighted by atomic mass is 32.2. The number of nitrogens with one attached hydrogen (secondary N) is 1. The summed E-state index contributed by atoms with van der Waals surface area (Å²) in [6.45, 7) is 0.00779. The molecular formula is C22H19NO8S. The summed E-state index contributed by atoms with van der Waals surface area (Å²) >= 11 is 0. The van der Waals surface area contributed by atoms with Gasteiger partial charge in [0, 0.05) is 0 Å². The van der Waals surface area contributed by atoms with Crippen LogP contribution in [0.5, 0.6) is 23.0 Å². The molecule has 1 aliphatic rings. The lowest BCUT2D eigenvalue weighted by atomic mass is 10.0. The predicted molar refractivity (Wildman–Crippen MR) is 112 cm³/mol. The van der Waals surface area contributed by atoms with Crippen molar-refractivity contribution in [3.8, 4) is 23.0 Å². The number of carbonyl (C=O) groups is 1. The van der Waals surface area contributed by atoms with Crippen molar-refractivity contribution in [2.45, 2.75) is 17.0 Å². The molecule has 0 unspecified atom stereocenters. The van der Waals surface area contributed by atoms with Crippen molar-refractivity contribution in [1.29, 1.82) is 0 Å². The van der Waals surface area contributed by atoms with E-state index < -0.39 is 28.1 Å². The van der Waals surface area contributed by atoms with Crippen LogP contribution in [-0.2, 0) is 14.8 Å². The predicted octanol–water partition coefficient (Wildman–Crippen LogP) is 2.67. The monoisotopic (exact) mass is 457 g/mol. The molecule has 0 spiro atoms. The Bertz CT molecular complexity index is 1210. The zero-order chi connectivity index (χ0) is 22.7. The SMILES string of the molecule is O=C(O)[C@@H](NS(=O)(=O)c1ccc(Oc2ccccc2)cc1)[C@@H](O)c1ccc2c(c1)OCO2. The summed E-state index contributed by atoms with van der Waals surface area (Å²) in [5.74, 6) is 0.237. The van der Waals surface area contributed by atoms with E-state index in [1.165, 1.54) is 42.5 Å². The number of rotatable bonds is 8. The molecule has 1 aliphatic heterocycles. The Morgan fingerprint density at radius 1 is 0.938 bits per heavy atom. The van der Waals surface area contributed by atoms with Gasteiger partial charge in [-0.25, -0.2) is 8.42 Å².